The Kier molecular flexibility index (Phi) is 5.22. The number of nitrogens with zero attached hydrogens (tertiary/aromatic N) is 2. The van der Waals surface area contributed by atoms with Crippen LogP contribution in [0.4, 0.5) is 0 Å². The van der Waals surface area contributed by atoms with Gasteiger partial charge in [0.1, 0.15) is 12.7 Å². The Hall–Kier alpha value is -1.88. The van der Waals surface area contributed by atoms with Crippen molar-refractivity contribution in [2.24, 2.45) is 5.92 Å². The number of hydrogen-bond acceptors (Lipinski definition) is 3. The molecule has 1 saturated carbocycles. The number of rotatable bonds is 4. The first-order chi connectivity index (χ1) is 13.1. The predicted octanol–water partition coefficient (Wildman–Crippen LogP) is 2.94. The Morgan fingerprint density at radius 1 is 1.22 bits per heavy atom. The number of likely N-dealkylation sites (N-methyl/N-ethyl adjacent to an activating group) is 1. The summed E-state index contributed by atoms with van der Waals surface area (Å²) in [5, 5.41) is 0. The van der Waals surface area contributed by atoms with Crippen molar-refractivity contribution in [2.75, 3.05) is 26.7 Å². The highest BCUT2D eigenvalue weighted by Gasteiger charge is 2.53. The molecular weight excluding hydrogens is 340 g/mol. The molecule has 2 heterocycles. The summed E-state index contributed by atoms with van der Waals surface area (Å²) >= 11 is 0. The Labute approximate surface area is 161 Å². The fourth-order valence-corrected chi connectivity index (χ4v) is 5.24. The third kappa shape index (κ3) is 3.38. The van der Waals surface area contributed by atoms with E-state index in [-0.39, 0.29) is 24.5 Å². The molecule has 146 valence electrons. The van der Waals surface area contributed by atoms with Gasteiger partial charge in [-0.3, -0.25) is 9.59 Å². The van der Waals surface area contributed by atoms with Gasteiger partial charge in [-0.15, -0.1) is 0 Å². The van der Waals surface area contributed by atoms with Gasteiger partial charge in [-0.1, -0.05) is 56.0 Å². The Bertz CT molecular complexity index is 686. The van der Waals surface area contributed by atoms with E-state index in [1.54, 1.807) is 0 Å². The van der Waals surface area contributed by atoms with Crippen LogP contribution in [-0.2, 0) is 19.9 Å². The first-order valence-electron chi connectivity index (χ1n) is 10.3. The molecule has 3 aliphatic rings. The lowest BCUT2D eigenvalue weighted by Crippen LogP contribution is -2.67. The van der Waals surface area contributed by atoms with Gasteiger partial charge in [-0.05, 0) is 24.3 Å². The molecule has 0 radical (unpaired) electrons. The molecule has 1 aliphatic carbocycles. The zero-order valence-electron chi connectivity index (χ0n) is 16.2. The highest BCUT2D eigenvalue weighted by atomic mass is 16.5. The lowest BCUT2D eigenvalue weighted by Gasteiger charge is -2.54. The van der Waals surface area contributed by atoms with Gasteiger partial charge in [0.25, 0.3) is 0 Å². The molecule has 0 aromatic heterocycles. The van der Waals surface area contributed by atoms with Crippen LogP contribution in [0.2, 0.25) is 0 Å². The average Bonchev–Trinajstić information content (AvgIpc) is 3.23. The molecule has 0 bridgehead atoms. The standard InChI is InChI=1S/C22H30N2O3/c1-23-21(26)16-27-19-15-24(20(25)12-11-17-7-5-6-8-17)14-13-22(19,23)18-9-3-2-4-10-18/h2-4,9-10,17,19H,5-8,11-16H2,1H3/t19-,22+/m1/s1. The molecule has 2 saturated heterocycles. The number of hydrogen-bond donors (Lipinski definition) is 0. The normalized spacial score (nSPS) is 29.1. The fourth-order valence-electron chi connectivity index (χ4n) is 5.24. The summed E-state index contributed by atoms with van der Waals surface area (Å²) in [4.78, 5) is 29.0. The Morgan fingerprint density at radius 2 is 1.96 bits per heavy atom. The maximum atomic E-state index is 12.8. The summed E-state index contributed by atoms with van der Waals surface area (Å²) in [6.07, 6.45) is 7.40. The molecule has 4 rings (SSSR count). The maximum Gasteiger partial charge on any atom is 0.249 e. The van der Waals surface area contributed by atoms with E-state index in [2.05, 4.69) is 12.1 Å². The molecule has 1 aromatic carbocycles. The van der Waals surface area contributed by atoms with Crippen molar-refractivity contribution in [3.05, 3.63) is 35.9 Å². The van der Waals surface area contributed by atoms with Crippen molar-refractivity contribution < 1.29 is 14.3 Å². The molecule has 2 aliphatic heterocycles. The van der Waals surface area contributed by atoms with Crippen molar-refractivity contribution in [1.29, 1.82) is 0 Å². The van der Waals surface area contributed by atoms with Crippen molar-refractivity contribution >= 4 is 11.8 Å². The van der Waals surface area contributed by atoms with Gasteiger partial charge >= 0.3 is 0 Å². The molecule has 0 N–H and O–H groups in total. The van der Waals surface area contributed by atoms with Crippen LogP contribution in [0.15, 0.2) is 30.3 Å². The smallest absolute Gasteiger partial charge is 0.249 e. The summed E-state index contributed by atoms with van der Waals surface area (Å²) in [7, 11) is 1.88. The van der Waals surface area contributed by atoms with Crippen LogP contribution in [0.1, 0.15) is 50.5 Å². The second-order valence-electron chi connectivity index (χ2n) is 8.32. The average molecular weight is 370 g/mol. The van der Waals surface area contributed by atoms with Crippen molar-refractivity contribution in [3.8, 4) is 0 Å². The van der Waals surface area contributed by atoms with E-state index in [9.17, 15) is 9.59 Å². The van der Waals surface area contributed by atoms with Crippen LogP contribution in [0.3, 0.4) is 0 Å². The van der Waals surface area contributed by atoms with Crippen molar-refractivity contribution in [1.82, 2.24) is 9.80 Å². The molecule has 2 amide bonds. The fraction of sp³-hybridized carbons (Fsp3) is 0.636. The van der Waals surface area contributed by atoms with Crippen molar-refractivity contribution in [3.63, 3.8) is 0 Å². The molecule has 27 heavy (non-hydrogen) atoms. The number of fused-ring (bicyclic) bond motifs is 1. The van der Waals surface area contributed by atoms with Crippen LogP contribution < -0.4 is 0 Å². The zero-order chi connectivity index (χ0) is 18.9. The number of piperidine rings is 1. The van der Waals surface area contributed by atoms with Crippen LogP contribution in [0, 0.1) is 5.92 Å². The van der Waals surface area contributed by atoms with Gasteiger partial charge < -0.3 is 14.5 Å². The third-order valence-electron chi connectivity index (χ3n) is 6.93. The Morgan fingerprint density at radius 3 is 2.70 bits per heavy atom. The Balaban J connectivity index is 1.49. The minimum Gasteiger partial charge on any atom is -0.364 e. The van der Waals surface area contributed by atoms with Crippen LogP contribution in [-0.4, -0.2) is 54.5 Å². The second kappa shape index (κ2) is 7.63. The first-order valence-corrected chi connectivity index (χ1v) is 10.3. The first kappa shape index (κ1) is 18.5. The van der Waals surface area contributed by atoms with Crippen LogP contribution in [0.25, 0.3) is 0 Å². The van der Waals surface area contributed by atoms with Gasteiger partial charge in [-0.25, -0.2) is 0 Å². The molecule has 0 spiro atoms. The van der Waals surface area contributed by atoms with Gasteiger partial charge in [0.05, 0.1) is 5.54 Å². The van der Waals surface area contributed by atoms with Crippen LogP contribution >= 0.6 is 0 Å². The van der Waals surface area contributed by atoms with E-state index in [0.717, 1.165) is 24.3 Å². The molecular formula is C22H30N2O3. The van der Waals surface area contributed by atoms with Crippen molar-refractivity contribution in [2.45, 2.75) is 56.6 Å². The summed E-state index contributed by atoms with van der Waals surface area (Å²) < 4.78 is 6.00. The molecule has 1 aromatic rings. The largest absolute Gasteiger partial charge is 0.364 e. The number of likely N-dealkylation sites (tertiary alicyclic amines) is 1. The van der Waals surface area contributed by atoms with Crippen LogP contribution in [0.5, 0.6) is 0 Å². The predicted molar refractivity (Wildman–Crippen MR) is 103 cm³/mol. The van der Waals surface area contributed by atoms with E-state index < -0.39 is 5.54 Å². The third-order valence-corrected chi connectivity index (χ3v) is 6.93. The molecule has 5 nitrogen and oxygen atoms in total. The number of carbonyl (C=O) groups is 2. The van der Waals surface area contributed by atoms with Gasteiger partial charge in [0.15, 0.2) is 0 Å². The summed E-state index contributed by atoms with van der Waals surface area (Å²) in [6.45, 7) is 1.34. The molecule has 3 fully saturated rings. The van der Waals surface area contributed by atoms with E-state index in [0.29, 0.717) is 19.5 Å². The lowest BCUT2D eigenvalue weighted by atomic mass is 9.76. The van der Waals surface area contributed by atoms with Gasteiger partial charge in [0.2, 0.25) is 11.8 Å². The zero-order valence-corrected chi connectivity index (χ0v) is 16.2. The number of carbonyl (C=O) groups excluding carboxylic acids is 2. The molecule has 0 unspecified atom stereocenters. The molecule has 5 heteroatoms. The highest BCUT2D eigenvalue weighted by Crippen LogP contribution is 2.42. The van der Waals surface area contributed by atoms with E-state index >= 15 is 0 Å². The van der Waals surface area contributed by atoms with Gasteiger partial charge in [-0.2, -0.15) is 0 Å². The lowest BCUT2D eigenvalue weighted by molar-refractivity contribution is -0.184. The topological polar surface area (TPSA) is 49.9 Å². The quantitative estimate of drug-likeness (QED) is 0.819. The minimum atomic E-state index is -0.473. The number of benzene rings is 1. The summed E-state index contributed by atoms with van der Waals surface area (Å²) in [6, 6.07) is 10.1. The number of morpholine rings is 1. The number of amides is 2. The molecule has 2 atom stereocenters. The van der Waals surface area contributed by atoms with Gasteiger partial charge in [0, 0.05) is 26.6 Å². The minimum absolute atomic E-state index is 0.0103. The van der Waals surface area contributed by atoms with E-state index in [1.165, 1.54) is 25.7 Å². The van der Waals surface area contributed by atoms with E-state index in [1.807, 2.05) is 35.0 Å². The summed E-state index contributed by atoms with van der Waals surface area (Å²) in [5.74, 6) is 0.986. The maximum absolute atomic E-state index is 12.8. The summed E-state index contributed by atoms with van der Waals surface area (Å²) in [5.41, 5.74) is 0.627. The van der Waals surface area contributed by atoms with E-state index in [4.69, 9.17) is 4.74 Å². The SMILES string of the molecule is CN1C(=O)CO[C@@H]2CN(C(=O)CCC3CCCC3)CC[C@]21c1ccccc1. The number of ether oxygens (including phenoxy) is 1. The highest BCUT2D eigenvalue weighted by molar-refractivity contribution is 5.80. The second-order valence-corrected chi connectivity index (χ2v) is 8.32. The monoisotopic (exact) mass is 370 g/mol.